The van der Waals surface area contributed by atoms with Gasteiger partial charge < -0.3 is 59.8 Å². The largest absolute Gasteiger partial charge is 0.505 e. The Morgan fingerprint density at radius 3 is 1.39 bits per heavy atom. The Labute approximate surface area is 357 Å². The molecule has 4 heterocycles. The van der Waals surface area contributed by atoms with E-state index in [1.54, 1.807) is 0 Å². The number of hydrogen-bond acceptors (Lipinski definition) is 12. The van der Waals surface area contributed by atoms with Crippen molar-refractivity contribution in [2.45, 2.75) is 145 Å². The smallest absolute Gasteiger partial charge is 0.171 e. The number of halogens is 3. The lowest BCUT2D eigenvalue weighted by Crippen LogP contribution is -2.37. The zero-order chi connectivity index (χ0) is 44.2. The average Bonchev–Trinajstić information content (AvgIpc) is 3.26. The topological polar surface area (TPSA) is 199 Å². The first-order valence-electron chi connectivity index (χ1n) is 21.3. The molecule has 8 rings (SSSR count). The van der Waals surface area contributed by atoms with Crippen LogP contribution in [0.3, 0.4) is 0 Å². The number of aliphatic hydroxyl groups excluding tert-OH is 6. The normalized spacial score (nSPS) is 24.4. The third-order valence-corrected chi connectivity index (χ3v) is 12.3. The van der Waals surface area contributed by atoms with Crippen molar-refractivity contribution in [3.05, 3.63) is 106 Å². The molecule has 4 aromatic carbocycles. The van der Waals surface area contributed by atoms with E-state index in [0.29, 0.717) is 110 Å². The van der Waals surface area contributed by atoms with Gasteiger partial charge in [-0.3, -0.25) is 0 Å². The van der Waals surface area contributed by atoms with Crippen LogP contribution < -0.4 is 18.9 Å². The molecule has 0 fully saturated rings. The molecule has 0 aliphatic carbocycles. The molecule has 0 unspecified atom stereocenters. The van der Waals surface area contributed by atoms with Gasteiger partial charge in [-0.15, -0.1) is 0 Å². The van der Waals surface area contributed by atoms with Gasteiger partial charge in [-0.1, -0.05) is 11.6 Å². The molecule has 4 aliphatic rings. The minimum absolute atomic E-state index is 0.154. The molecule has 0 radical (unpaired) electrons. The van der Waals surface area contributed by atoms with Crippen molar-refractivity contribution in [3.63, 3.8) is 0 Å². The average molecular weight is 869 g/mol. The first-order chi connectivity index (χ1) is 29.7. The second-order valence-electron chi connectivity index (χ2n) is 16.8. The number of phenolic OH excluding ortho intramolecular Hbond substituents is 2. The Bertz CT molecular complexity index is 2020. The van der Waals surface area contributed by atoms with Gasteiger partial charge in [-0.25, -0.2) is 13.2 Å². The SMILES string of the molecule is Cc1ccc2c(c1)[C@H](O)C[C@@H]([C@@H](O)CCC[C@H](O)[C@H]1CCc3c(ccc(O)c3F)O1)O2.Oc1ccc2c(c1F)CC[C@@H]([C@@H](O)CCC[C@H](O)[C@H]1C[C@H](O)c3cc(F)ccc3O1)O2. The van der Waals surface area contributed by atoms with Crippen molar-refractivity contribution >= 4 is 0 Å². The standard InChI is InChI=1S/C24H29FO6.C23H26F2O6/c1-13-5-8-21-15(11-13)19(29)12-23(31-21)17(27)4-2-3-16(26)22-9-6-14-20(30-22)10-7-18(28)24(14)25;24-12-4-7-20-14(10-12)18(29)11-22(31-20)16(27)3-1-2-15(26)21-8-5-13-19(30-21)9-6-17(28)23(13)25/h5,7-8,10-11,16-17,19,22-23,26-29H,2-4,6,9,12H2,1H3;4,6-7,9-10,15-16,18,21-22,26-29H,1-3,5,8,11H2/t16-,17-,19+,22+,23-;15-,16-,18-,21-,22+/m00/s1. The lowest BCUT2D eigenvalue weighted by atomic mass is 9.92. The van der Waals surface area contributed by atoms with E-state index in [0.717, 1.165) is 11.1 Å². The summed E-state index contributed by atoms with van der Waals surface area (Å²) in [5.41, 5.74) is 2.81. The number of aromatic hydroxyl groups is 2. The van der Waals surface area contributed by atoms with Crippen molar-refractivity contribution in [2.24, 2.45) is 0 Å². The highest BCUT2D eigenvalue weighted by atomic mass is 19.1. The highest BCUT2D eigenvalue weighted by Gasteiger charge is 2.35. The van der Waals surface area contributed by atoms with E-state index >= 15 is 0 Å². The van der Waals surface area contributed by atoms with Crippen LogP contribution in [0.25, 0.3) is 0 Å². The summed E-state index contributed by atoms with van der Waals surface area (Å²) in [6, 6.07) is 15.0. The summed E-state index contributed by atoms with van der Waals surface area (Å²) in [4.78, 5) is 0. The summed E-state index contributed by atoms with van der Waals surface area (Å²) < 4.78 is 64.4. The van der Waals surface area contributed by atoms with E-state index in [2.05, 4.69) is 0 Å². The monoisotopic (exact) mass is 868 g/mol. The summed E-state index contributed by atoms with van der Waals surface area (Å²) in [6.45, 7) is 1.95. The van der Waals surface area contributed by atoms with Crippen LogP contribution in [0.1, 0.15) is 104 Å². The molecule has 62 heavy (non-hydrogen) atoms. The van der Waals surface area contributed by atoms with Gasteiger partial charge in [-0.05, 0) is 126 Å². The van der Waals surface area contributed by atoms with Crippen LogP contribution in [0.2, 0.25) is 0 Å². The van der Waals surface area contributed by atoms with Crippen LogP contribution in [0.5, 0.6) is 34.5 Å². The molecule has 15 heteroatoms. The predicted molar refractivity (Wildman–Crippen MR) is 219 cm³/mol. The number of fused-ring (bicyclic) bond motifs is 4. The van der Waals surface area contributed by atoms with Crippen molar-refractivity contribution in [1.29, 1.82) is 0 Å². The molecule has 0 spiro atoms. The predicted octanol–water partition coefficient (Wildman–Crippen LogP) is 6.45. The zero-order valence-electron chi connectivity index (χ0n) is 34.4. The number of aryl methyl sites for hydroxylation is 1. The van der Waals surface area contributed by atoms with E-state index in [9.17, 15) is 54.0 Å². The second kappa shape index (κ2) is 19.7. The minimum atomic E-state index is -0.916. The van der Waals surface area contributed by atoms with Crippen molar-refractivity contribution < 1.29 is 73.0 Å². The van der Waals surface area contributed by atoms with Gasteiger partial charge in [0.05, 0.1) is 36.6 Å². The Hall–Kier alpha value is -4.77. The van der Waals surface area contributed by atoms with Crippen LogP contribution in [-0.2, 0) is 12.8 Å². The van der Waals surface area contributed by atoms with E-state index in [-0.39, 0.29) is 6.42 Å². The maximum Gasteiger partial charge on any atom is 0.171 e. The number of aliphatic hydroxyl groups is 6. The molecule has 336 valence electrons. The van der Waals surface area contributed by atoms with Gasteiger partial charge in [0.15, 0.2) is 23.1 Å². The van der Waals surface area contributed by atoms with Crippen molar-refractivity contribution in [1.82, 2.24) is 0 Å². The number of rotatable bonds is 12. The third-order valence-electron chi connectivity index (χ3n) is 12.3. The van der Waals surface area contributed by atoms with Gasteiger partial charge >= 0.3 is 0 Å². The highest BCUT2D eigenvalue weighted by Crippen LogP contribution is 2.40. The summed E-state index contributed by atoms with van der Waals surface area (Å²) >= 11 is 0. The maximum absolute atomic E-state index is 14.0. The first-order valence-corrected chi connectivity index (χ1v) is 21.3. The molecule has 12 nitrogen and oxygen atoms in total. The van der Waals surface area contributed by atoms with Crippen LogP contribution in [0, 0.1) is 24.4 Å². The van der Waals surface area contributed by atoms with Crippen LogP contribution in [-0.4, -0.2) is 89.7 Å². The molecule has 0 saturated carbocycles. The molecule has 0 amide bonds. The lowest BCUT2D eigenvalue weighted by molar-refractivity contribution is -0.0231. The molecule has 4 aromatic rings. The van der Waals surface area contributed by atoms with Gasteiger partial charge in [0.25, 0.3) is 0 Å². The van der Waals surface area contributed by atoms with Crippen molar-refractivity contribution in [3.8, 4) is 34.5 Å². The molecule has 8 N–H and O–H groups in total. The summed E-state index contributed by atoms with van der Waals surface area (Å²) in [6.07, 6.45) is -2.17. The highest BCUT2D eigenvalue weighted by molar-refractivity contribution is 5.44. The van der Waals surface area contributed by atoms with Gasteiger partial charge in [0, 0.05) is 35.1 Å². The Balaban J connectivity index is 0.000000186. The first kappa shape index (κ1) is 45.3. The van der Waals surface area contributed by atoms with Crippen LogP contribution in [0.15, 0.2) is 60.7 Å². The minimum Gasteiger partial charge on any atom is -0.505 e. The molecule has 0 bridgehead atoms. The number of ether oxygens (including phenoxy) is 4. The van der Waals surface area contributed by atoms with Crippen LogP contribution in [0.4, 0.5) is 13.2 Å². The summed E-state index contributed by atoms with van der Waals surface area (Å²) in [5, 5.41) is 81.7. The fraction of sp³-hybridized carbons (Fsp3) is 0.489. The zero-order valence-corrected chi connectivity index (χ0v) is 34.4. The molecule has 0 saturated heterocycles. The quantitative estimate of drug-likeness (QED) is 0.0776. The summed E-state index contributed by atoms with van der Waals surface area (Å²) in [7, 11) is 0. The molecular weight excluding hydrogens is 813 g/mol. The van der Waals surface area contributed by atoms with Crippen LogP contribution >= 0.6 is 0 Å². The van der Waals surface area contributed by atoms with Gasteiger partial charge in [0.1, 0.15) is 53.2 Å². The van der Waals surface area contributed by atoms with E-state index in [1.165, 1.54) is 42.5 Å². The number of phenols is 2. The van der Waals surface area contributed by atoms with E-state index in [4.69, 9.17) is 18.9 Å². The molecular formula is C47H55F3O12. The second-order valence-corrected chi connectivity index (χ2v) is 16.8. The maximum atomic E-state index is 14.0. The fourth-order valence-electron chi connectivity index (χ4n) is 8.75. The van der Waals surface area contributed by atoms with E-state index < -0.39 is 90.0 Å². The number of hydrogen-bond donors (Lipinski definition) is 8. The molecule has 10 atom stereocenters. The van der Waals surface area contributed by atoms with E-state index in [1.807, 2.05) is 25.1 Å². The van der Waals surface area contributed by atoms with Gasteiger partial charge in [-0.2, -0.15) is 0 Å². The van der Waals surface area contributed by atoms with Gasteiger partial charge in [0.2, 0.25) is 0 Å². The lowest BCUT2D eigenvalue weighted by Gasteiger charge is -2.33. The fourth-order valence-corrected chi connectivity index (χ4v) is 8.75. The Kier molecular flexibility index (Phi) is 14.4. The molecule has 0 aromatic heterocycles. The van der Waals surface area contributed by atoms with Crippen molar-refractivity contribution in [2.75, 3.05) is 0 Å². The summed E-state index contributed by atoms with van der Waals surface area (Å²) in [5.74, 6) is -0.998. The Morgan fingerprint density at radius 2 is 0.919 bits per heavy atom. The number of benzene rings is 4. The molecule has 4 aliphatic heterocycles. The third kappa shape index (κ3) is 10.4. The Morgan fingerprint density at radius 1 is 0.532 bits per heavy atom.